The Bertz CT molecular complexity index is 517. The van der Waals surface area contributed by atoms with Crippen molar-refractivity contribution < 1.29 is 14.5 Å². The second-order valence-electron chi connectivity index (χ2n) is 4.80. The Balaban J connectivity index is 3.01. The van der Waals surface area contributed by atoms with Crippen LogP contribution in [0.3, 0.4) is 0 Å². The first kappa shape index (κ1) is 16.3. The first-order chi connectivity index (χ1) is 9.30. The van der Waals surface area contributed by atoms with E-state index in [-0.39, 0.29) is 16.0 Å². The van der Waals surface area contributed by atoms with E-state index >= 15 is 0 Å². The van der Waals surface area contributed by atoms with Gasteiger partial charge in [0.1, 0.15) is 5.56 Å². The van der Waals surface area contributed by atoms with Gasteiger partial charge in [0.25, 0.3) is 5.69 Å². The van der Waals surface area contributed by atoms with Crippen LogP contribution in [-0.2, 0) is 4.74 Å². The molecule has 0 atom stereocenters. The van der Waals surface area contributed by atoms with Gasteiger partial charge in [0.05, 0.1) is 12.0 Å². The highest BCUT2D eigenvalue weighted by Gasteiger charge is 2.22. The lowest BCUT2D eigenvalue weighted by molar-refractivity contribution is -0.385. The summed E-state index contributed by atoms with van der Waals surface area (Å²) in [5.74, 6) is -0.718. The predicted molar refractivity (Wildman–Crippen MR) is 80.5 cm³/mol. The summed E-state index contributed by atoms with van der Waals surface area (Å²) in [5.41, 5.74) is 0.342. The van der Waals surface area contributed by atoms with Gasteiger partial charge in [-0.2, -0.15) is 11.8 Å². The zero-order valence-corrected chi connectivity index (χ0v) is 12.7. The van der Waals surface area contributed by atoms with Gasteiger partial charge in [-0.05, 0) is 32.2 Å². The SMILES string of the molecule is COC(=O)c1cc(NCC(C)(C)SC)ccc1[N+](=O)[O-]. The number of ether oxygens (including phenoxy) is 1. The molecule has 0 aliphatic rings. The maximum Gasteiger partial charge on any atom is 0.344 e. The molecule has 0 bridgehead atoms. The summed E-state index contributed by atoms with van der Waals surface area (Å²) in [6.45, 7) is 4.83. The number of nitrogens with zero attached hydrogens (tertiary/aromatic N) is 1. The van der Waals surface area contributed by atoms with E-state index in [1.54, 1.807) is 17.8 Å². The molecule has 0 saturated heterocycles. The molecular weight excluding hydrogens is 280 g/mol. The molecule has 1 aromatic rings. The van der Waals surface area contributed by atoms with Crippen molar-refractivity contribution in [1.29, 1.82) is 0 Å². The van der Waals surface area contributed by atoms with Crippen LogP contribution in [-0.4, -0.2) is 35.5 Å². The van der Waals surface area contributed by atoms with E-state index in [0.29, 0.717) is 12.2 Å². The van der Waals surface area contributed by atoms with Gasteiger partial charge in [-0.25, -0.2) is 4.79 Å². The number of nitrogens with one attached hydrogen (secondary N) is 1. The van der Waals surface area contributed by atoms with E-state index in [1.165, 1.54) is 19.2 Å². The number of rotatable bonds is 6. The first-order valence-electron chi connectivity index (χ1n) is 5.96. The van der Waals surface area contributed by atoms with Crippen molar-refractivity contribution in [3.63, 3.8) is 0 Å². The van der Waals surface area contributed by atoms with Gasteiger partial charge < -0.3 is 10.1 Å². The largest absolute Gasteiger partial charge is 0.465 e. The number of hydrogen-bond acceptors (Lipinski definition) is 6. The van der Waals surface area contributed by atoms with Gasteiger partial charge in [-0.15, -0.1) is 0 Å². The Morgan fingerprint density at radius 1 is 1.50 bits per heavy atom. The molecule has 0 heterocycles. The monoisotopic (exact) mass is 298 g/mol. The van der Waals surface area contributed by atoms with E-state index in [9.17, 15) is 14.9 Å². The van der Waals surface area contributed by atoms with Crippen LogP contribution in [0.2, 0.25) is 0 Å². The lowest BCUT2D eigenvalue weighted by atomic mass is 10.1. The summed E-state index contributed by atoms with van der Waals surface area (Å²) < 4.78 is 4.59. The van der Waals surface area contributed by atoms with Crippen molar-refractivity contribution in [2.75, 3.05) is 25.2 Å². The summed E-state index contributed by atoms with van der Waals surface area (Å²) in [5, 5.41) is 14.1. The molecule has 0 spiro atoms. The van der Waals surface area contributed by atoms with Crippen LogP contribution in [0.25, 0.3) is 0 Å². The number of nitro benzene ring substituents is 1. The Morgan fingerprint density at radius 3 is 2.65 bits per heavy atom. The van der Waals surface area contributed by atoms with E-state index in [1.807, 2.05) is 6.26 Å². The molecule has 1 N–H and O–H groups in total. The van der Waals surface area contributed by atoms with Crippen molar-refractivity contribution in [2.24, 2.45) is 0 Å². The average molecular weight is 298 g/mol. The number of methoxy groups -OCH3 is 1. The van der Waals surface area contributed by atoms with Crippen LogP contribution in [0.5, 0.6) is 0 Å². The highest BCUT2D eigenvalue weighted by Crippen LogP contribution is 2.26. The lowest BCUT2D eigenvalue weighted by Gasteiger charge is -2.23. The molecule has 1 aromatic carbocycles. The van der Waals surface area contributed by atoms with Gasteiger partial charge in [0, 0.05) is 23.0 Å². The summed E-state index contributed by atoms with van der Waals surface area (Å²) in [6.07, 6.45) is 2.01. The standard InChI is InChI=1S/C13H18N2O4S/c1-13(2,20-4)8-14-9-5-6-11(15(17)18)10(7-9)12(16)19-3/h5-7,14H,8H2,1-4H3. The molecule has 0 aliphatic carbocycles. The van der Waals surface area contributed by atoms with Crippen molar-refractivity contribution in [3.8, 4) is 0 Å². The van der Waals surface area contributed by atoms with Crippen molar-refractivity contribution in [2.45, 2.75) is 18.6 Å². The molecule has 7 heteroatoms. The molecule has 0 saturated carbocycles. The second kappa shape index (κ2) is 6.60. The minimum absolute atomic E-state index is 0.0210. The van der Waals surface area contributed by atoms with Gasteiger partial charge >= 0.3 is 5.97 Å². The minimum atomic E-state index is -0.718. The number of nitro groups is 1. The fraction of sp³-hybridized carbons (Fsp3) is 0.462. The van der Waals surface area contributed by atoms with E-state index in [0.717, 1.165) is 0 Å². The predicted octanol–water partition coefficient (Wildman–Crippen LogP) is 2.93. The fourth-order valence-corrected chi connectivity index (χ4v) is 1.68. The molecule has 110 valence electrons. The maximum absolute atomic E-state index is 11.6. The van der Waals surface area contributed by atoms with Crippen LogP contribution in [0.4, 0.5) is 11.4 Å². The topological polar surface area (TPSA) is 81.5 Å². The Labute approximate surface area is 122 Å². The minimum Gasteiger partial charge on any atom is -0.465 e. The Morgan fingerprint density at radius 2 is 2.15 bits per heavy atom. The zero-order valence-electron chi connectivity index (χ0n) is 11.9. The van der Waals surface area contributed by atoms with E-state index < -0.39 is 10.9 Å². The molecule has 0 aromatic heterocycles. The van der Waals surface area contributed by atoms with E-state index in [2.05, 4.69) is 23.9 Å². The number of carbonyl (C=O) groups excluding carboxylic acids is 1. The highest BCUT2D eigenvalue weighted by molar-refractivity contribution is 7.99. The third-order valence-corrected chi connectivity index (χ3v) is 4.12. The lowest BCUT2D eigenvalue weighted by Crippen LogP contribution is -2.25. The van der Waals surface area contributed by atoms with Crippen LogP contribution in [0.15, 0.2) is 18.2 Å². The average Bonchev–Trinajstić information content (AvgIpc) is 2.43. The summed E-state index contributed by atoms with van der Waals surface area (Å²) in [4.78, 5) is 21.9. The smallest absolute Gasteiger partial charge is 0.344 e. The van der Waals surface area contributed by atoms with Crippen LogP contribution in [0, 0.1) is 10.1 Å². The normalized spacial score (nSPS) is 11.0. The van der Waals surface area contributed by atoms with Crippen LogP contribution in [0.1, 0.15) is 24.2 Å². The molecule has 0 aliphatic heterocycles. The third-order valence-electron chi connectivity index (χ3n) is 2.87. The fourth-order valence-electron chi connectivity index (χ4n) is 1.47. The summed E-state index contributed by atoms with van der Waals surface area (Å²) in [7, 11) is 1.20. The van der Waals surface area contributed by atoms with Crippen molar-refractivity contribution in [1.82, 2.24) is 0 Å². The number of thioether (sulfide) groups is 1. The van der Waals surface area contributed by atoms with Gasteiger partial charge in [-0.3, -0.25) is 10.1 Å². The number of carbonyl (C=O) groups is 1. The van der Waals surface area contributed by atoms with Gasteiger partial charge in [0.15, 0.2) is 0 Å². The van der Waals surface area contributed by atoms with Gasteiger partial charge in [-0.1, -0.05) is 0 Å². The second-order valence-corrected chi connectivity index (χ2v) is 6.31. The first-order valence-corrected chi connectivity index (χ1v) is 7.19. The molecular formula is C13H18N2O4S. The highest BCUT2D eigenvalue weighted by atomic mass is 32.2. The van der Waals surface area contributed by atoms with Crippen LogP contribution >= 0.6 is 11.8 Å². The van der Waals surface area contributed by atoms with Crippen LogP contribution < -0.4 is 5.32 Å². The number of anilines is 1. The quantitative estimate of drug-likeness (QED) is 0.494. The number of hydrogen-bond donors (Lipinski definition) is 1. The summed E-state index contributed by atoms with van der Waals surface area (Å²) >= 11 is 1.71. The molecule has 6 nitrogen and oxygen atoms in total. The van der Waals surface area contributed by atoms with Crippen molar-refractivity contribution in [3.05, 3.63) is 33.9 Å². The number of benzene rings is 1. The molecule has 0 unspecified atom stereocenters. The Kier molecular flexibility index (Phi) is 5.38. The van der Waals surface area contributed by atoms with Gasteiger partial charge in [0.2, 0.25) is 0 Å². The molecule has 20 heavy (non-hydrogen) atoms. The molecule has 0 radical (unpaired) electrons. The molecule has 1 rings (SSSR count). The maximum atomic E-state index is 11.6. The Hall–Kier alpha value is -1.76. The molecule has 0 fully saturated rings. The zero-order chi connectivity index (χ0) is 15.3. The molecule has 0 amide bonds. The third kappa shape index (κ3) is 4.12. The summed E-state index contributed by atoms with van der Waals surface area (Å²) in [6, 6.07) is 4.34. The van der Waals surface area contributed by atoms with Crippen molar-refractivity contribution >= 4 is 29.1 Å². The number of esters is 1. The van der Waals surface area contributed by atoms with E-state index in [4.69, 9.17) is 0 Å².